The molecule has 1 N–H and O–H groups in total. The van der Waals surface area contributed by atoms with E-state index in [-0.39, 0.29) is 5.91 Å². The topological polar surface area (TPSA) is 102 Å². The largest absolute Gasteiger partial charge is 0.339 e. The first-order valence-electron chi connectivity index (χ1n) is 10.8. The normalized spacial score (nSPS) is 16.5. The van der Waals surface area contributed by atoms with Gasteiger partial charge in [-0.2, -0.15) is 5.10 Å². The molecule has 3 aromatic heterocycles. The van der Waals surface area contributed by atoms with Crippen LogP contribution in [0.25, 0.3) is 6.08 Å². The van der Waals surface area contributed by atoms with E-state index >= 15 is 0 Å². The lowest BCUT2D eigenvalue weighted by atomic mass is 9.93. The van der Waals surface area contributed by atoms with Crippen LogP contribution >= 0.6 is 0 Å². The standard InChI is InChI=1S/C23H28N8O/c1-16-11-17(2)28-23(27-16)29-21-13-19(24-15-25-21)12-18-5-4-10-31(14-18)22(32)7-6-20-8-9-26-30(20)3/h6-9,11,13,15,18H,4-5,10,12,14H2,1-3H3,(H,24,25,27,28,29)/b7-6+. The average molecular weight is 433 g/mol. The van der Waals surface area contributed by atoms with Crippen LogP contribution in [-0.2, 0) is 18.3 Å². The molecule has 9 heteroatoms. The van der Waals surface area contributed by atoms with Gasteiger partial charge in [-0.3, -0.25) is 9.48 Å². The number of anilines is 2. The maximum atomic E-state index is 12.7. The van der Waals surface area contributed by atoms with E-state index in [1.807, 2.05) is 50.1 Å². The van der Waals surface area contributed by atoms with Crippen molar-refractivity contribution in [3.8, 4) is 0 Å². The molecule has 32 heavy (non-hydrogen) atoms. The Bertz CT molecular complexity index is 1100. The van der Waals surface area contributed by atoms with Crippen LogP contribution in [0, 0.1) is 19.8 Å². The molecule has 3 aromatic rings. The van der Waals surface area contributed by atoms with Crippen LogP contribution < -0.4 is 5.32 Å². The smallest absolute Gasteiger partial charge is 0.246 e. The van der Waals surface area contributed by atoms with Crippen molar-refractivity contribution in [2.75, 3.05) is 18.4 Å². The van der Waals surface area contributed by atoms with E-state index in [1.165, 1.54) is 0 Å². The van der Waals surface area contributed by atoms with Crippen molar-refractivity contribution in [3.05, 3.63) is 59.6 Å². The number of nitrogens with zero attached hydrogens (tertiary/aromatic N) is 7. The van der Waals surface area contributed by atoms with E-state index in [9.17, 15) is 4.79 Å². The van der Waals surface area contributed by atoms with Crippen LogP contribution in [-0.4, -0.2) is 53.6 Å². The molecular weight excluding hydrogens is 404 g/mol. The molecule has 1 saturated heterocycles. The Labute approximate surface area is 187 Å². The second-order valence-electron chi connectivity index (χ2n) is 8.20. The molecule has 1 atom stereocenters. The fraction of sp³-hybridized carbons (Fsp3) is 0.391. The van der Waals surface area contributed by atoms with Crippen LogP contribution in [0.4, 0.5) is 11.8 Å². The zero-order valence-corrected chi connectivity index (χ0v) is 18.7. The molecule has 1 unspecified atom stereocenters. The zero-order chi connectivity index (χ0) is 22.5. The summed E-state index contributed by atoms with van der Waals surface area (Å²) < 4.78 is 1.74. The lowest BCUT2D eigenvalue weighted by molar-refractivity contribution is -0.127. The van der Waals surface area contributed by atoms with E-state index in [0.29, 0.717) is 17.7 Å². The van der Waals surface area contributed by atoms with Crippen LogP contribution in [0.1, 0.15) is 35.6 Å². The number of rotatable bonds is 6. The maximum Gasteiger partial charge on any atom is 0.246 e. The molecule has 0 saturated carbocycles. The van der Waals surface area contributed by atoms with Crippen molar-refractivity contribution in [2.45, 2.75) is 33.1 Å². The maximum absolute atomic E-state index is 12.7. The van der Waals surface area contributed by atoms with Crippen LogP contribution in [0.3, 0.4) is 0 Å². The van der Waals surface area contributed by atoms with Gasteiger partial charge in [-0.25, -0.2) is 19.9 Å². The molecule has 0 aliphatic carbocycles. The lowest BCUT2D eigenvalue weighted by Crippen LogP contribution is -2.39. The van der Waals surface area contributed by atoms with E-state index in [0.717, 1.165) is 55.1 Å². The summed E-state index contributed by atoms with van der Waals surface area (Å²) in [6, 6.07) is 5.75. The molecule has 0 bridgehead atoms. The minimum Gasteiger partial charge on any atom is -0.339 e. The third-order valence-corrected chi connectivity index (χ3v) is 5.53. The number of nitrogens with one attached hydrogen (secondary N) is 1. The van der Waals surface area contributed by atoms with Crippen molar-refractivity contribution in [2.24, 2.45) is 13.0 Å². The number of aryl methyl sites for hydroxylation is 3. The summed E-state index contributed by atoms with van der Waals surface area (Å²) in [5.74, 6) is 1.59. The Balaban J connectivity index is 1.37. The summed E-state index contributed by atoms with van der Waals surface area (Å²) in [5, 5.41) is 7.29. The van der Waals surface area contributed by atoms with Gasteiger partial charge in [0, 0.05) is 55.6 Å². The summed E-state index contributed by atoms with van der Waals surface area (Å²) in [5.41, 5.74) is 3.65. The Kier molecular flexibility index (Phi) is 6.53. The molecule has 0 aromatic carbocycles. The Hall–Kier alpha value is -3.62. The van der Waals surface area contributed by atoms with Crippen molar-refractivity contribution in [1.29, 1.82) is 0 Å². The molecule has 9 nitrogen and oxygen atoms in total. The first-order chi connectivity index (χ1) is 15.5. The first kappa shape index (κ1) is 21.6. The summed E-state index contributed by atoms with van der Waals surface area (Å²) in [6.07, 6.45) is 9.58. The number of hydrogen-bond donors (Lipinski definition) is 1. The summed E-state index contributed by atoms with van der Waals surface area (Å²) in [4.78, 5) is 32.2. The molecule has 4 rings (SSSR count). The van der Waals surface area contributed by atoms with Crippen molar-refractivity contribution in [1.82, 2.24) is 34.6 Å². The monoisotopic (exact) mass is 432 g/mol. The van der Waals surface area contributed by atoms with Crippen LogP contribution in [0.15, 0.2) is 36.8 Å². The molecule has 1 aliphatic heterocycles. The van der Waals surface area contributed by atoms with Crippen molar-refractivity contribution >= 4 is 23.7 Å². The summed E-state index contributed by atoms with van der Waals surface area (Å²) >= 11 is 0. The molecule has 1 amide bonds. The summed E-state index contributed by atoms with van der Waals surface area (Å²) in [7, 11) is 1.86. The molecule has 0 spiro atoms. The molecular formula is C23H28N8O. The fourth-order valence-electron chi connectivity index (χ4n) is 4.01. The van der Waals surface area contributed by atoms with Gasteiger partial charge >= 0.3 is 0 Å². The SMILES string of the molecule is Cc1cc(C)nc(Nc2cc(CC3CCCN(C(=O)/C=C/c4ccnn4C)C3)ncn2)n1. The van der Waals surface area contributed by atoms with Crippen LogP contribution in [0.5, 0.6) is 0 Å². The highest BCUT2D eigenvalue weighted by Crippen LogP contribution is 2.22. The van der Waals surface area contributed by atoms with Crippen molar-refractivity contribution < 1.29 is 4.79 Å². The third kappa shape index (κ3) is 5.54. The van der Waals surface area contributed by atoms with Gasteiger partial charge in [-0.1, -0.05) is 0 Å². The second-order valence-corrected chi connectivity index (χ2v) is 8.20. The molecule has 4 heterocycles. The minimum atomic E-state index is 0.0351. The number of carbonyl (C=O) groups is 1. The molecule has 166 valence electrons. The van der Waals surface area contributed by atoms with Gasteiger partial charge in [0.25, 0.3) is 0 Å². The predicted octanol–water partition coefficient (Wildman–Crippen LogP) is 2.86. The second kappa shape index (κ2) is 9.67. The van der Waals surface area contributed by atoms with Gasteiger partial charge in [0.2, 0.25) is 11.9 Å². The van der Waals surface area contributed by atoms with Crippen molar-refractivity contribution in [3.63, 3.8) is 0 Å². The van der Waals surface area contributed by atoms with Gasteiger partial charge in [-0.15, -0.1) is 0 Å². The van der Waals surface area contributed by atoms with Gasteiger partial charge in [0.05, 0.1) is 5.69 Å². The number of amides is 1. The molecule has 1 fully saturated rings. The Morgan fingerprint density at radius 3 is 2.78 bits per heavy atom. The van der Waals surface area contributed by atoms with E-state index in [2.05, 4.69) is 30.4 Å². The average Bonchev–Trinajstić information content (AvgIpc) is 3.16. The fourth-order valence-corrected chi connectivity index (χ4v) is 4.01. The summed E-state index contributed by atoms with van der Waals surface area (Å²) in [6.45, 7) is 5.38. The Morgan fingerprint density at radius 2 is 2.03 bits per heavy atom. The van der Waals surface area contributed by atoms with Gasteiger partial charge < -0.3 is 10.2 Å². The molecule has 0 radical (unpaired) electrons. The van der Waals surface area contributed by atoms with E-state index < -0.39 is 0 Å². The van der Waals surface area contributed by atoms with E-state index in [1.54, 1.807) is 23.3 Å². The Morgan fingerprint density at radius 1 is 1.22 bits per heavy atom. The third-order valence-electron chi connectivity index (χ3n) is 5.53. The highest BCUT2D eigenvalue weighted by molar-refractivity contribution is 5.91. The minimum absolute atomic E-state index is 0.0351. The lowest BCUT2D eigenvalue weighted by Gasteiger charge is -2.32. The zero-order valence-electron chi connectivity index (χ0n) is 18.7. The number of aromatic nitrogens is 6. The first-order valence-corrected chi connectivity index (χ1v) is 10.8. The number of likely N-dealkylation sites (tertiary alicyclic amines) is 1. The van der Waals surface area contributed by atoms with E-state index in [4.69, 9.17) is 0 Å². The predicted molar refractivity (Wildman–Crippen MR) is 122 cm³/mol. The molecule has 1 aliphatic rings. The highest BCUT2D eigenvalue weighted by Gasteiger charge is 2.23. The highest BCUT2D eigenvalue weighted by atomic mass is 16.2. The quantitative estimate of drug-likeness (QED) is 0.598. The van der Waals surface area contributed by atoms with Gasteiger partial charge in [-0.05, 0) is 57.2 Å². The van der Waals surface area contributed by atoms with Gasteiger partial charge in [0.1, 0.15) is 12.1 Å². The van der Waals surface area contributed by atoms with Gasteiger partial charge in [0.15, 0.2) is 0 Å². The van der Waals surface area contributed by atoms with Crippen LogP contribution in [0.2, 0.25) is 0 Å². The number of carbonyl (C=O) groups excluding carboxylic acids is 1. The number of piperidine rings is 1. The number of hydrogen-bond acceptors (Lipinski definition) is 7.